The third-order valence-electron chi connectivity index (χ3n) is 3.16. The van der Waals surface area contributed by atoms with Gasteiger partial charge in [-0.3, -0.25) is 4.79 Å². The normalized spacial score (nSPS) is 11.1. The van der Waals surface area contributed by atoms with Crippen molar-refractivity contribution in [3.05, 3.63) is 29.8 Å². The van der Waals surface area contributed by atoms with Gasteiger partial charge in [-0.1, -0.05) is 26.7 Å². The molecule has 0 atom stereocenters. The van der Waals surface area contributed by atoms with Crippen molar-refractivity contribution < 1.29 is 9.53 Å². The molecule has 0 saturated carbocycles. The molecule has 19 heavy (non-hydrogen) atoms. The summed E-state index contributed by atoms with van der Waals surface area (Å²) in [5.74, 6) is 1.28. The highest BCUT2D eigenvalue weighted by Crippen LogP contribution is 2.21. The minimum atomic E-state index is 0.162. The van der Waals surface area contributed by atoms with Crippen LogP contribution in [0.1, 0.15) is 63.7 Å². The fourth-order valence-corrected chi connectivity index (χ4v) is 2.31. The molecule has 0 radical (unpaired) electrons. The van der Waals surface area contributed by atoms with Crippen LogP contribution in [0.4, 0.5) is 0 Å². The number of hydrogen-bond acceptors (Lipinski definition) is 2. The molecule has 0 spiro atoms. The second-order valence-electron chi connectivity index (χ2n) is 5.33. The van der Waals surface area contributed by atoms with E-state index in [0.717, 1.165) is 37.0 Å². The van der Waals surface area contributed by atoms with Crippen LogP contribution in [0.15, 0.2) is 24.3 Å². The van der Waals surface area contributed by atoms with Gasteiger partial charge in [0.1, 0.15) is 5.75 Å². The minimum absolute atomic E-state index is 0.162. The maximum absolute atomic E-state index is 12.4. The molecule has 0 heterocycles. The average molecular weight is 262 g/mol. The van der Waals surface area contributed by atoms with E-state index < -0.39 is 0 Å². The highest BCUT2D eigenvalue weighted by Gasteiger charge is 2.18. The Morgan fingerprint density at radius 2 is 1.58 bits per heavy atom. The molecule has 1 aromatic rings. The van der Waals surface area contributed by atoms with Crippen molar-refractivity contribution in [1.82, 2.24) is 0 Å². The molecule has 0 aliphatic rings. The Balaban J connectivity index is 2.75. The SMILES string of the molecule is CCCC(CCC)C(=O)c1ccc(OC(C)C)cc1. The third kappa shape index (κ3) is 5.06. The van der Waals surface area contributed by atoms with Gasteiger partial charge in [0, 0.05) is 11.5 Å². The molecule has 0 fully saturated rings. The summed E-state index contributed by atoms with van der Waals surface area (Å²) in [5, 5.41) is 0. The molecule has 2 nitrogen and oxygen atoms in total. The molecule has 0 aromatic heterocycles. The molecule has 1 aromatic carbocycles. The van der Waals surface area contributed by atoms with E-state index in [1.807, 2.05) is 38.1 Å². The Bertz CT molecular complexity index is 373. The van der Waals surface area contributed by atoms with Crippen molar-refractivity contribution in [3.8, 4) is 5.75 Å². The Labute approximate surface area is 117 Å². The highest BCUT2D eigenvalue weighted by molar-refractivity contribution is 5.97. The Hall–Kier alpha value is -1.31. The Morgan fingerprint density at radius 1 is 1.05 bits per heavy atom. The summed E-state index contributed by atoms with van der Waals surface area (Å²) in [4.78, 5) is 12.4. The zero-order valence-corrected chi connectivity index (χ0v) is 12.6. The van der Waals surface area contributed by atoms with Gasteiger partial charge >= 0.3 is 0 Å². The summed E-state index contributed by atoms with van der Waals surface area (Å²) in [6.07, 6.45) is 4.25. The number of hydrogen-bond donors (Lipinski definition) is 0. The first kappa shape index (κ1) is 15.7. The largest absolute Gasteiger partial charge is 0.491 e. The van der Waals surface area contributed by atoms with Crippen LogP contribution in [0.5, 0.6) is 5.75 Å². The highest BCUT2D eigenvalue weighted by atomic mass is 16.5. The van der Waals surface area contributed by atoms with Crippen LogP contribution in [0.2, 0.25) is 0 Å². The van der Waals surface area contributed by atoms with E-state index in [4.69, 9.17) is 4.74 Å². The van der Waals surface area contributed by atoms with Gasteiger partial charge in [-0.15, -0.1) is 0 Å². The van der Waals surface area contributed by atoms with E-state index in [0.29, 0.717) is 0 Å². The first-order valence-electron chi connectivity index (χ1n) is 7.39. The summed E-state index contributed by atoms with van der Waals surface area (Å²) >= 11 is 0. The van der Waals surface area contributed by atoms with E-state index in [-0.39, 0.29) is 17.8 Å². The fraction of sp³-hybridized carbons (Fsp3) is 0.588. The second kappa shape index (κ2) is 7.98. The molecule has 0 amide bonds. The summed E-state index contributed by atoms with van der Waals surface area (Å²) in [6, 6.07) is 7.56. The number of ketones is 1. The van der Waals surface area contributed by atoms with E-state index in [1.54, 1.807) is 0 Å². The van der Waals surface area contributed by atoms with Gasteiger partial charge < -0.3 is 4.74 Å². The summed E-state index contributed by atoms with van der Waals surface area (Å²) in [5.41, 5.74) is 0.808. The van der Waals surface area contributed by atoms with Crippen molar-refractivity contribution in [2.45, 2.75) is 59.5 Å². The van der Waals surface area contributed by atoms with Crippen LogP contribution < -0.4 is 4.74 Å². The van der Waals surface area contributed by atoms with Gasteiger partial charge in [0.15, 0.2) is 5.78 Å². The van der Waals surface area contributed by atoms with Gasteiger partial charge in [-0.2, -0.15) is 0 Å². The van der Waals surface area contributed by atoms with Gasteiger partial charge in [-0.25, -0.2) is 0 Å². The van der Waals surface area contributed by atoms with Gasteiger partial charge in [0.05, 0.1) is 6.10 Å². The molecule has 0 bridgehead atoms. The van der Waals surface area contributed by atoms with E-state index >= 15 is 0 Å². The maximum Gasteiger partial charge on any atom is 0.165 e. The van der Waals surface area contributed by atoms with Crippen LogP contribution in [-0.2, 0) is 0 Å². The second-order valence-corrected chi connectivity index (χ2v) is 5.33. The lowest BCUT2D eigenvalue weighted by Crippen LogP contribution is -2.14. The summed E-state index contributed by atoms with van der Waals surface area (Å²) in [7, 11) is 0. The quantitative estimate of drug-likeness (QED) is 0.624. The molecule has 0 unspecified atom stereocenters. The Kier molecular flexibility index (Phi) is 6.61. The van der Waals surface area contributed by atoms with Crippen LogP contribution in [0.3, 0.4) is 0 Å². The fourth-order valence-electron chi connectivity index (χ4n) is 2.31. The topological polar surface area (TPSA) is 26.3 Å². The average Bonchev–Trinajstić information content (AvgIpc) is 2.38. The zero-order valence-electron chi connectivity index (χ0n) is 12.6. The van der Waals surface area contributed by atoms with Gasteiger partial charge in [0.2, 0.25) is 0 Å². The molecule has 0 N–H and O–H groups in total. The van der Waals surface area contributed by atoms with Crippen molar-refractivity contribution in [2.24, 2.45) is 5.92 Å². The van der Waals surface area contributed by atoms with Crippen molar-refractivity contribution in [2.75, 3.05) is 0 Å². The van der Waals surface area contributed by atoms with E-state index in [2.05, 4.69) is 13.8 Å². The summed E-state index contributed by atoms with van der Waals surface area (Å²) < 4.78 is 5.59. The predicted molar refractivity (Wildman–Crippen MR) is 79.8 cm³/mol. The molecule has 0 saturated heterocycles. The van der Waals surface area contributed by atoms with Crippen molar-refractivity contribution >= 4 is 5.78 Å². The molecule has 106 valence electrons. The number of carbonyl (C=O) groups excluding carboxylic acids is 1. The number of carbonyl (C=O) groups is 1. The van der Waals surface area contributed by atoms with Gasteiger partial charge in [-0.05, 0) is 51.0 Å². The third-order valence-corrected chi connectivity index (χ3v) is 3.16. The molecular weight excluding hydrogens is 236 g/mol. The lowest BCUT2D eigenvalue weighted by Gasteiger charge is -2.15. The number of Topliss-reactive ketones (excluding diaryl/α,β-unsaturated/α-hetero) is 1. The van der Waals surface area contributed by atoms with Crippen molar-refractivity contribution in [1.29, 1.82) is 0 Å². The lowest BCUT2D eigenvalue weighted by atomic mass is 9.90. The molecular formula is C17H26O2. The lowest BCUT2D eigenvalue weighted by molar-refractivity contribution is 0.0905. The standard InChI is InChI=1S/C17H26O2/c1-5-7-14(8-6-2)17(18)15-9-11-16(12-10-15)19-13(3)4/h9-14H,5-8H2,1-4H3. The van der Waals surface area contributed by atoms with Gasteiger partial charge in [0.25, 0.3) is 0 Å². The zero-order chi connectivity index (χ0) is 14.3. The first-order chi connectivity index (χ1) is 9.08. The Morgan fingerprint density at radius 3 is 2.00 bits per heavy atom. The van der Waals surface area contributed by atoms with Crippen LogP contribution in [0, 0.1) is 5.92 Å². The molecule has 2 heteroatoms. The summed E-state index contributed by atoms with van der Waals surface area (Å²) in [6.45, 7) is 8.26. The minimum Gasteiger partial charge on any atom is -0.491 e. The molecule has 0 aliphatic carbocycles. The van der Waals surface area contributed by atoms with E-state index in [1.165, 1.54) is 0 Å². The van der Waals surface area contributed by atoms with Crippen LogP contribution >= 0.6 is 0 Å². The smallest absolute Gasteiger partial charge is 0.165 e. The van der Waals surface area contributed by atoms with Crippen LogP contribution in [-0.4, -0.2) is 11.9 Å². The van der Waals surface area contributed by atoms with Crippen LogP contribution in [0.25, 0.3) is 0 Å². The molecule has 1 rings (SSSR count). The monoisotopic (exact) mass is 262 g/mol. The van der Waals surface area contributed by atoms with E-state index in [9.17, 15) is 4.79 Å². The van der Waals surface area contributed by atoms with Crippen molar-refractivity contribution in [3.63, 3.8) is 0 Å². The number of rotatable bonds is 8. The predicted octanol–water partition coefficient (Wildman–Crippen LogP) is 4.87. The maximum atomic E-state index is 12.4. The number of ether oxygens (including phenoxy) is 1. The number of benzene rings is 1. The molecule has 0 aliphatic heterocycles. The first-order valence-corrected chi connectivity index (χ1v) is 7.39.